The van der Waals surface area contributed by atoms with E-state index >= 15 is 0 Å². The summed E-state index contributed by atoms with van der Waals surface area (Å²) < 4.78 is 40.0. The first-order valence-corrected chi connectivity index (χ1v) is 8.43. The van der Waals surface area contributed by atoms with E-state index in [4.69, 9.17) is 16.7 Å². The van der Waals surface area contributed by atoms with E-state index in [1.54, 1.807) is 0 Å². The van der Waals surface area contributed by atoms with Crippen LogP contribution >= 0.6 is 11.6 Å². The number of nitrogens with zero attached hydrogens (tertiary/aromatic N) is 1. The Morgan fingerprint density at radius 2 is 1.79 bits per heavy atom. The van der Waals surface area contributed by atoms with Gasteiger partial charge in [0.15, 0.2) is 0 Å². The van der Waals surface area contributed by atoms with Crippen molar-refractivity contribution in [1.29, 1.82) is 0 Å². The van der Waals surface area contributed by atoms with Gasteiger partial charge in [-0.05, 0) is 41.3 Å². The zero-order valence-electron chi connectivity index (χ0n) is 14.5. The van der Waals surface area contributed by atoms with E-state index in [9.17, 15) is 22.8 Å². The molecule has 0 saturated heterocycles. The highest BCUT2D eigenvalue weighted by Gasteiger charge is 2.30. The average molecular weight is 411 g/mol. The summed E-state index contributed by atoms with van der Waals surface area (Å²) in [5.74, 6) is 0. The first-order valence-electron chi connectivity index (χ1n) is 8.05. The first-order chi connectivity index (χ1) is 13.1. The molecule has 28 heavy (non-hydrogen) atoms. The largest absolute Gasteiger partial charge is 0.465 e. The number of pyridine rings is 1. The van der Waals surface area contributed by atoms with Crippen molar-refractivity contribution >= 4 is 28.5 Å². The maximum Gasteiger partial charge on any atom is 0.416 e. The number of carboxylic acid groups (broad SMARTS) is 1. The van der Waals surface area contributed by atoms with Gasteiger partial charge in [-0.2, -0.15) is 13.2 Å². The minimum Gasteiger partial charge on any atom is -0.465 e. The van der Waals surface area contributed by atoms with Crippen molar-refractivity contribution in [3.05, 3.63) is 69.1 Å². The lowest BCUT2D eigenvalue weighted by atomic mass is 9.96. The Morgan fingerprint density at radius 1 is 1.14 bits per heavy atom. The van der Waals surface area contributed by atoms with E-state index in [0.29, 0.717) is 32.6 Å². The van der Waals surface area contributed by atoms with Gasteiger partial charge in [0.1, 0.15) is 0 Å². The van der Waals surface area contributed by atoms with Crippen LogP contribution in [-0.2, 0) is 19.8 Å². The topological polar surface area (TPSA) is 71.3 Å². The van der Waals surface area contributed by atoms with E-state index in [2.05, 4.69) is 5.32 Å². The van der Waals surface area contributed by atoms with Gasteiger partial charge < -0.3 is 15.0 Å². The Bertz CT molecular complexity index is 1120. The number of carbonyl (C=O) groups is 1. The highest BCUT2D eigenvalue weighted by Crippen LogP contribution is 2.35. The van der Waals surface area contributed by atoms with Crippen LogP contribution < -0.4 is 10.9 Å². The Hall–Kier alpha value is -3.00. The Morgan fingerprint density at radius 3 is 2.36 bits per heavy atom. The lowest BCUT2D eigenvalue weighted by Gasteiger charge is -2.18. The molecule has 146 valence electrons. The fourth-order valence-electron chi connectivity index (χ4n) is 3.05. The number of hydrogen-bond acceptors (Lipinski definition) is 2. The highest BCUT2D eigenvalue weighted by molar-refractivity contribution is 6.31. The van der Waals surface area contributed by atoms with Crippen molar-refractivity contribution < 1.29 is 23.1 Å². The first kappa shape index (κ1) is 19.8. The summed E-state index contributed by atoms with van der Waals surface area (Å²) in [6, 6.07) is 9.05. The molecule has 3 aromatic rings. The molecule has 2 N–H and O–H groups in total. The number of hydrogen-bond donors (Lipinski definition) is 2. The van der Waals surface area contributed by atoms with E-state index in [1.807, 2.05) is 0 Å². The molecule has 0 unspecified atom stereocenters. The summed E-state index contributed by atoms with van der Waals surface area (Å²) in [6.45, 7) is -0.208. The van der Waals surface area contributed by atoms with Gasteiger partial charge in [-0.3, -0.25) is 4.79 Å². The molecule has 1 aromatic heterocycles. The molecule has 0 spiro atoms. The third-order valence-electron chi connectivity index (χ3n) is 4.39. The van der Waals surface area contributed by atoms with Gasteiger partial charge in [0.2, 0.25) is 0 Å². The quantitative estimate of drug-likeness (QED) is 0.660. The smallest absolute Gasteiger partial charge is 0.416 e. The fraction of sp³-hybridized carbons (Fsp3) is 0.158. The van der Waals surface area contributed by atoms with Crippen LogP contribution in [-0.4, -0.2) is 15.8 Å². The number of rotatable bonds is 3. The van der Waals surface area contributed by atoms with E-state index in [0.717, 1.165) is 12.1 Å². The number of alkyl halides is 3. The van der Waals surface area contributed by atoms with Gasteiger partial charge in [0.25, 0.3) is 5.56 Å². The van der Waals surface area contributed by atoms with Crippen LogP contribution in [0.2, 0.25) is 5.02 Å². The van der Waals surface area contributed by atoms with Gasteiger partial charge in [0.05, 0.1) is 12.1 Å². The maximum absolute atomic E-state index is 12.9. The number of fused-ring (bicyclic) bond motifs is 1. The minimum atomic E-state index is -4.48. The van der Waals surface area contributed by atoms with Gasteiger partial charge in [0, 0.05) is 28.7 Å². The third kappa shape index (κ3) is 3.68. The van der Waals surface area contributed by atoms with E-state index < -0.39 is 17.8 Å². The van der Waals surface area contributed by atoms with E-state index in [-0.39, 0.29) is 12.1 Å². The monoisotopic (exact) mass is 410 g/mol. The second kappa shape index (κ2) is 7.20. The van der Waals surface area contributed by atoms with Gasteiger partial charge in [-0.1, -0.05) is 23.7 Å². The molecule has 0 radical (unpaired) electrons. The number of halogens is 4. The summed E-state index contributed by atoms with van der Waals surface area (Å²) in [5, 5.41) is 12.2. The zero-order chi connectivity index (χ0) is 20.6. The van der Waals surface area contributed by atoms with Crippen LogP contribution in [0.3, 0.4) is 0 Å². The van der Waals surface area contributed by atoms with Gasteiger partial charge in [-0.25, -0.2) is 4.79 Å². The molecule has 3 rings (SSSR count). The van der Waals surface area contributed by atoms with Crippen molar-refractivity contribution in [3.63, 3.8) is 0 Å². The lowest BCUT2D eigenvalue weighted by molar-refractivity contribution is -0.137. The highest BCUT2D eigenvalue weighted by atomic mass is 35.5. The molecule has 9 heteroatoms. The summed E-state index contributed by atoms with van der Waals surface area (Å²) in [4.78, 5) is 23.6. The van der Waals surface area contributed by atoms with Crippen LogP contribution in [0.1, 0.15) is 11.3 Å². The predicted octanol–water partition coefficient (Wildman–Crippen LogP) is 4.65. The van der Waals surface area contributed by atoms with Gasteiger partial charge >= 0.3 is 12.3 Å². The summed E-state index contributed by atoms with van der Waals surface area (Å²) in [7, 11) is 1.48. The fourth-order valence-corrected chi connectivity index (χ4v) is 3.22. The molecule has 0 bridgehead atoms. The lowest BCUT2D eigenvalue weighted by Crippen LogP contribution is -2.28. The molecular formula is C19H14ClF3N2O3. The number of benzene rings is 2. The van der Waals surface area contributed by atoms with Crippen molar-refractivity contribution in [2.75, 3.05) is 0 Å². The SMILES string of the molecule is Cn1c(CNC(=O)O)c(-c2ccc(C(F)(F)F)cc2)c2cc(Cl)ccc2c1=O. The molecule has 1 amide bonds. The molecule has 1 heterocycles. The van der Waals surface area contributed by atoms with Crippen LogP contribution in [0.25, 0.3) is 21.9 Å². The zero-order valence-corrected chi connectivity index (χ0v) is 15.2. The molecule has 0 saturated carbocycles. The Labute approximate surface area is 162 Å². The number of aromatic nitrogens is 1. The van der Waals surface area contributed by atoms with Gasteiger partial charge in [-0.15, -0.1) is 0 Å². The number of nitrogens with one attached hydrogen (secondary N) is 1. The minimum absolute atomic E-state index is 0.208. The third-order valence-corrected chi connectivity index (χ3v) is 4.62. The molecular weight excluding hydrogens is 397 g/mol. The average Bonchev–Trinajstić information content (AvgIpc) is 2.62. The molecule has 0 aliphatic rings. The second-order valence-corrected chi connectivity index (χ2v) is 6.55. The Kier molecular flexibility index (Phi) is 5.08. The summed E-state index contributed by atoms with van der Waals surface area (Å²) >= 11 is 6.07. The molecule has 0 aliphatic carbocycles. The van der Waals surface area contributed by atoms with Crippen molar-refractivity contribution in [2.45, 2.75) is 12.7 Å². The summed E-state index contributed by atoms with van der Waals surface area (Å²) in [6.07, 6.45) is -5.78. The molecule has 5 nitrogen and oxygen atoms in total. The molecule has 0 aliphatic heterocycles. The predicted molar refractivity (Wildman–Crippen MR) is 99.5 cm³/mol. The van der Waals surface area contributed by atoms with Crippen LogP contribution in [0.15, 0.2) is 47.3 Å². The molecule has 2 aromatic carbocycles. The molecule has 0 atom stereocenters. The van der Waals surface area contributed by atoms with Crippen LogP contribution in [0.4, 0.5) is 18.0 Å². The van der Waals surface area contributed by atoms with Crippen molar-refractivity contribution in [1.82, 2.24) is 9.88 Å². The van der Waals surface area contributed by atoms with E-state index in [1.165, 1.54) is 41.9 Å². The van der Waals surface area contributed by atoms with Crippen molar-refractivity contribution in [2.24, 2.45) is 7.05 Å². The van der Waals surface area contributed by atoms with Crippen molar-refractivity contribution in [3.8, 4) is 11.1 Å². The standard InChI is InChI=1S/C19H14ClF3N2O3/c1-25-15(9-24-18(27)28)16(10-2-4-11(5-3-10)19(21,22)23)14-8-12(20)6-7-13(14)17(25)26/h2-8,24H,9H2,1H3,(H,27,28). The normalized spacial score (nSPS) is 11.6. The van der Waals surface area contributed by atoms with Crippen LogP contribution in [0, 0.1) is 0 Å². The maximum atomic E-state index is 12.9. The Balaban J connectivity index is 2.33. The van der Waals surface area contributed by atoms with Crippen LogP contribution in [0.5, 0.6) is 0 Å². The second-order valence-electron chi connectivity index (χ2n) is 6.11. The molecule has 0 fully saturated rings. The summed E-state index contributed by atoms with van der Waals surface area (Å²) in [5.41, 5.74) is -0.0415. The number of amides is 1.